The number of alkyl halides is 9. The van der Waals surface area contributed by atoms with Gasteiger partial charge in [-0.25, -0.2) is 4.98 Å². The third-order valence-electron chi connectivity index (χ3n) is 3.17. The molecule has 0 saturated carbocycles. The van der Waals surface area contributed by atoms with Gasteiger partial charge in [-0.1, -0.05) is 11.6 Å². The Morgan fingerprint density at radius 1 is 0.846 bits per heavy atom. The summed E-state index contributed by atoms with van der Waals surface area (Å²) in [5, 5.41) is -1.17. The van der Waals surface area contributed by atoms with Crippen LogP contribution in [-0.4, -0.2) is 30.4 Å². The molecule has 0 aliphatic heterocycles. The maximum absolute atomic E-state index is 13.1. The molecule has 0 fully saturated rings. The molecule has 0 saturated heterocycles. The third kappa shape index (κ3) is 5.29. The van der Waals surface area contributed by atoms with E-state index in [0.717, 1.165) is 12.1 Å². The lowest BCUT2D eigenvalue weighted by Crippen LogP contribution is -2.40. The summed E-state index contributed by atoms with van der Waals surface area (Å²) >= 11 is 5.49. The summed E-state index contributed by atoms with van der Waals surface area (Å²) in [4.78, 5) is 3.50. The Morgan fingerprint density at radius 3 is 1.85 bits per heavy atom. The predicted molar refractivity (Wildman–Crippen MR) is 76.1 cm³/mol. The number of halogens is 10. The average molecular weight is 411 g/mol. The van der Waals surface area contributed by atoms with Crippen LogP contribution >= 0.6 is 11.6 Å². The van der Waals surface area contributed by atoms with Crippen molar-refractivity contribution in [1.82, 2.24) is 4.98 Å². The molecule has 0 bridgehead atoms. The highest BCUT2D eigenvalue weighted by atomic mass is 35.5. The molecule has 0 aliphatic carbocycles. The zero-order valence-corrected chi connectivity index (χ0v) is 13.2. The van der Waals surface area contributed by atoms with Crippen molar-refractivity contribution in [3.8, 4) is 0 Å². The van der Waals surface area contributed by atoms with Gasteiger partial charge in [0.05, 0.1) is 11.1 Å². The minimum absolute atomic E-state index is 0.103. The summed E-state index contributed by atoms with van der Waals surface area (Å²) in [6.07, 6.45) is -14.9. The van der Waals surface area contributed by atoms with Gasteiger partial charge in [0.2, 0.25) is 0 Å². The molecule has 0 radical (unpaired) electrons. The van der Waals surface area contributed by atoms with Crippen LogP contribution in [0.5, 0.6) is 0 Å². The number of hydrogen-bond acceptors (Lipinski definition) is 2. The van der Waals surface area contributed by atoms with Gasteiger partial charge in [0.1, 0.15) is 18.2 Å². The summed E-state index contributed by atoms with van der Waals surface area (Å²) in [5.74, 6) is 0. The molecule has 26 heavy (non-hydrogen) atoms. The van der Waals surface area contributed by atoms with Crippen molar-refractivity contribution < 1.29 is 39.5 Å². The molecule has 0 amide bonds. The van der Waals surface area contributed by atoms with E-state index in [2.05, 4.69) is 4.98 Å². The van der Waals surface area contributed by atoms with Crippen molar-refractivity contribution in [3.05, 3.63) is 35.0 Å². The highest BCUT2D eigenvalue weighted by molar-refractivity contribution is 6.30. The van der Waals surface area contributed by atoms with Gasteiger partial charge < -0.3 is 4.90 Å². The molecule has 0 N–H and O–H groups in total. The summed E-state index contributed by atoms with van der Waals surface area (Å²) in [7, 11) is 0. The number of nitrogens with zero attached hydrogens (tertiary/aromatic N) is 2. The summed E-state index contributed by atoms with van der Waals surface area (Å²) in [6.45, 7) is -3.97. The lowest BCUT2D eigenvalue weighted by molar-refractivity contribution is -0.138. The fraction of sp³-hybridized carbons (Fsp3) is 0.357. The topological polar surface area (TPSA) is 16.1 Å². The number of aromatic nitrogens is 1. The molecule has 0 atom stereocenters. The van der Waals surface area contributed by atoms with E-state index in [4.69, 9.17) is 11.6 Å². The van der Waals surface area contributed by atoms with Gasteiger partial charge >= 0.3 is 18.5 Å². The smallest absolute Gasteiger partial charge is 0.353 e. The zero-order chi connectivity index (χ0) is 19.9. The molecule has 12 heteroatoms. The molecule has 1 heterocycles. The van der Waals surface area contributed by atoms with E-state index in [-0.39, 0.29) is 10.4 Å². The number of rotatable bonds is 3. The van der Waals surface area contributed by atoms with Gasteiger partial charge in [-0.15, -0.1) is 0 Å². The van der Waals surface area contributed by atoms with Crippen LogP contribution < -0.4 is 4.90 Å². The van der Waals surface area contributed by atoms with Gasteiger partial charge in [0, 0.05) is 11.1 Å². The summed E-state index contributed by atoms with van der Waals surface area (Å²) in [6, 6.07) is 2.74. The first-order chi connectivity index (χ1) is 11.7. The van der Waals surface area contributed by atoms with Gasteiger partial charge in [0.15, 0.2) is 0 Å². The fourth-order valence-electron chi connectivity index (χ4n) is 2.28. The van der Waals surface area contributed by atoms with Crippen LogP contribution in [0.25, 0.3) is 10.9 Å². The Labute approximate surface area is 145 Å². The minimum atomic E-state index is -4.99. The third-order valence-corrected chi connectivity index (χ3v) is 3.37. The van der Waals surface area contributed by atoms with Crippen molar-refractivity contribution in [2.45, 2.75) is 18.5 Å². The second-order valence-corrected chi connectivity index (χ2v) is 5.67. The number of anilines is 1. The molecule has 2 aromatic rings. The van der Waals surface area contributed by atoms with Crippen LogP contribution in [0.15, 0.2) is 24.3 Å². The lowest BCUT2D eigenvalue weighted by atomic mass is 10.1. The van der Waals surface area contributed by atoms with E-state index in [1.165, 1.54) is 0 Å². The number of pyridine rings is 1. The SMILES string of the molecule is FC(F)(F)CN(CC(F)(F)F)c1ccc2nc(Cl)cc(C(F)(F)F)c2c1. The van der Waals surface area contributed by atoms with Gasteiger partial charge in [0.25, 0.3) is 0 Å². The highest BCUT2D eigenvalue weighted by Gasteiger charge is 2.38. The van der Waals surface area contributed by atoms with Crippen LogP contribution in [-0.2, 0) is 6.18 Å². The van der Waals surface area contributed by atoms with Crippen molar-refractivity contribution in [1.29, 1.82) is 0 Å². The lowest BCUT2D eigenvalue weighted by Gasteiger charge is -2.27. The van der Waals surface area contributed by atoms with E-state index >= 15 is 0 Å². The van der Waals surface area contributed by atoms with Crippen LogP contribution in [0.4, 0.5) is 45.2 Å². The number of fused-ring (bicyclic) bond motifs is 1. The standard InChI is InChI=1S/C14H8ClF9N2/c15-11-4-9(14(22,23)24)8-3-7(1-2-10(8)25-11)26(5-12(16,17)18)6-13(19,20)21/h1-4H,5-6H2. The van der Waals surface area contributed by atoms with Crippen LogP contribution in [0.2, 0.25) is 5.15 Å². The quantitative estimate of drug-likeness (QED) is 0.467. The molecule has 0 spiro atoms. The maximum Gasteiger partial charge on any atom is 0.417 e. The first kappa shape index (κ1) is 20.4. The molecule has 0 unspecified atom stereocenters. The van der Waals surface area contributed by atoms with Gasteiger partial charge in [-0.2, -0.15) is 39.5 Å². The van der Waals surface area contributed by atoms with E-state index in [9.17, 15) is 39.5 Å². The summed E-state index contributed by atoms with van der Waals surface area (Å²) in [5.41, 5.74) is -2.30. The monoisotopic (exact) mass is 410 g/mol. The van der Waals surface area contributed by atoms with Crippen LogP contribution in [0.1, 0.15) is 5.56 Å². The molecule has 2 nitrogen and oxygen atoms in total. The molecule has 0 aliphatic rings. The summed E-state index contributed by atoms with van der Waals surface area (Å²) < 4.78 is 115. The average Bonchev–Trinajstić information content (AvgIpc) is 2.41. The van der Waals surface area contributed by atoms with E-state index in [1.807, 2.05) is 0 Å². The predicted octanol–water partition coefficient (Wildman–Crippen LogP) is 5.84. The van der Waals surface area contributed by atoms with Gasteiger partial charge in [-0.05, 0) is 24.3 Å². The Hall–Kier alpha value is -1.91. The molecular weight excluding hydrogens is 403 g/mol. The second-order valence-electron chi connectivity index (χ2n) is 5.28. The highest BCUT2D eigenvalue weighted by Crippen LogP contribution is 2.38. The van der Waals surface area contributed by atoms with Crippen molar-refractivity contribution in [3.63, 3.8) is 0 Å². The Kier molecular flexibility index (Phi) is 5.24. The van der Waals surface area contributed by atoms with Crippen molar-refractivity contribution in [2.24, 2.45) is 0 Å². The van der Waals surface area contributed by atoms with Crippen LogP contribution in [0.3, 0.4) is 0 Å². The van der Waals surface area contributed by atoms with E-state index in [0.29, 0.717) is 12.1 Å². The number of benzene rings is 1. The Bertz CT molecular complexity index is 780. The normalized spacial score (nSPS) is 13.3. The zero-order valence-electron chi connectivity index (χ0n) is 12.4. The molecule has 1 aromatic heterocycles. The Balaban J connectivity index is 2.61. The first-order valence-corrected chi connectivity index (χ1v) is 7.09. The first-order valence-electron chi connectivity index (χ1n) is 6.72. The van der Waals surface area contributed by atoms with Gasteiger partial charge in [-0.3, -0.25) is 0 Å². The van der Waals surface area contributed by atoms with Crippen LogP contribution in [0, 0.1) is 0 Å². The number of hydrogen-bond donors (Lipinski definition) is 0. The molecule has 144 valence electrons. The largest absolute Gasteiger partial charge is 0.417 e. The Morgan fingerprint density at radius 2 is 1.38 bits per heavy atom. The molecule has 1 aromatic carbocycles. The molecular formula is C14H8ClF9N2. The van der Waals surface area contributed by atoms with E-state index < -0.39 is 53.4 Å². The van der Waals surface area contributed by atoms with E-state index in [1.54, 1.807) is 0 Å². The maximum atomic E-state index is 13.1. The van der Waals surface area contributed by atoms with Crippen molar-refractivity contribution in [2.75, 3.05) is 18.0 Å². The minimum Gasteiger partial charge on any atom is -0.353 e. The second kappa shape index (κ2) is 6.67. The fourth-order valence-corrected chi connectivity index (χ4v) is 2.48. The molecule has 2 rings (SSSR count). The van der Waals surface area contributed by atoms with Crippen molar-refractivity contribution >= 4 is 28.2 Å².